The van der Waals surface area contributed by atoms with Crippen LogP contribution in [0.5, 0.6) is 0 Å². The van der Waals surface area contributed by atoms with Crippen molar-refractivity contribution >= 4 is 69.6 Å². The molecule has 1 amide bonds. The van der Waals surface area contributed by atoms with E-state index in [0.29, 0.717) is 15.7 Å². The maximum absolute atomic E-state index is 11.4. The number of halogens is 5. The fraction of sp³-hybridized carbons (Fsp3) is 0.364. The molecule has 0 aromatic heterocycles. The molecule has 1 aromatic carbocycles. The quantitative estimate of drug-likeness (QED) is 0.604. The predicted octanol–water partition coefficient (Wildman–Crippen LogP) is 4.63. The smallest absolute Gasteiger partial charge is 0.228 e. The third-order valence-electron chi connectivity index (χ3n) is 2.18. The van der Waals surface area contributed by atoms with Gasteiger partial charge in [-0.3, -0.25) is 4.79 Å². The van der Waals surface area contributed by atoms with Crippen molar-refractivity contribution in [3.8, 4) is 0 Å². The van der Waals surface area contributed by atoms with E-state index < -0.39 is 9.96 Å². The second-order valence-electron chi connectivity index (χ2n) is 3.66. The third kappa shape index (κ3) is 5.44. The Morgan fingerprint density at radius 3 is 2.42 bits per heavy atom. The maximum atomic E-state index is 11.4. The fourth-order valence-electron chi connectivity index (χ4n) is 1.22. The topological polar surface area (TPSA) is 41.1 Å². The number of benzene rings is 1. The first-order valence-electron chi connectivity index (χ1n) is 5.31. The zero-order chi connectivity index (χ0) is 14.6. The number of carbonyl (C=O) groups excluding carboxylic acids is 1. The number of nitrogens with one attached hydrogen (secondary N) is 2. The molecule has 1 atom stereocenters. The standard InChI is InChI=1S/C11H11Cl5N2O/c1-2-9(19)18-10(11(14,15)16)17-8-4-3-6(12)5-7(8)13/h3-5,10,17H,2H2,1H3,(H,18,19)/t10-/m0/s1. The Labute approximate surface area is 136 Å². The van der Waals surface area contributed by atoms with Crippen LogP contribution in [0, 0.1) is 0 Å². The van der Waals surface area contributed by atoms with Crippen LogP contribution in [0.2, 0.25) is 10.0 Å². The summed E-state index contributed by atoms with van der Waals surface area (Å²) in [5, 5.41) is 6.26. The van der Waals surface area contributed by atoms with E-state index in [4.69, 9.17) is 58.0 Å². The highest BCUT2D eigenvalue weighted by atomic mass is 35.6. The summed E-state index contributed by atoms with van der Waals surface area (Å²) in [5.41, 5.74) is 0.499. The fourth-order valence-corrected chi connectivity index (χ4v) is 2.02. The summed E-state index contributed by atoms with van der Waals surface area (Å²) < 4.78 is -1.73. The molecule has 0 aliphatic rings. The summed E-state index contributed by atoms with van der Waals surface area (Å²) in [6.07, 6.45) is -0.642. The third-order valence-corrected chi connectivity index (χ3v) is 3.39. The number of amides is 1. The molecule has 0 radical (unpaired) electrons. The number of carbonyl (C=O) groups is 1. The highest BCUT2D eigenvalue weighted by Crippen LogP contribution is 2.33. The van der Waals surface area contributed by atoms with Gasteiger partial charge in [0, 0.05) is 11.4 Å². The molecule has 1 aromatic rings. The van der Waals surface area contributed by atoms with Gasteiger partial charge in [-0.1, -0.05) is 64.9 Å². The van der Waals surface area contributed by atoms with E-state index in [1.807, 2.05) is 0 Å². The van der Waals surface area contributed by atoms with Gasteiger partial charge in [0.15, 0.2) is 0 Å². The molecule has 0 fully saturated rings. The van der Waals surface area contributed by atoms with Crippen LogP contribution in [-0.4, -0.2) is 15.9 Å². The van der Waals surface area contributed by atoms with Crippen molar-refractivity contribution < 1.29 is 4.79 Å². The molecule has 0 heterocycles. The monoisotopic (exact) mass is 362 g/mol. The molecule has 0 bridgehead atoms. The van der Waals surface area contributed by atoms with Gasteiger partial charge in [0.05, 0.1) is 10.7 Å². The minimum atomic E-state index is -1.73. The van der Waals surface area contributed by atoms with Crippen LogP contribution in [-0.2, 0) is 4.79 Å². The Balaban J connectivity index is 2.91. The van der Waals surface area contributed by atoms with E-state index >= 15 is 0 Å². The van der Waals surface area contributed by atoms with E-state index in [0.717, 1.165) is 0 Å². The minimum absolute atomic E-state index is 0.256. The second-order valence-corrected chi connectivity index (χ2v) is 6.88. The summed E-state index contributed by atoms with van der Waals surface area (Å²) in [5.74, 6) is -0.256. The molecule has 0 unspecified atom stereocenters. The normalized spacial score (nSPS) is 12.9. The van der Waals surface area contributed by atoms with Crippen molar-refractivity contribution in [2.45, 2.75) is 23.3 Å². The molecule has 1 rings (SSSR count). The Morgan fingerprint density at radius 2 is 1.95 bits per heavy atom. The Bertz CT molecular complexity index is 461. The lowest BCUT2D eigenvalue weighted by Gasteiger charge is -2.27. The molecule has 0 aliphatic heterocycles. The Kier molecular flexibility index (Phi) is 6.34. The van der Waals surface area contributed by atoms with Crippen LogP contribution in [0.25, 0.3) is 0 Å². The molecule has 0 saturated carbocycles. The first-order valence-corrected chi connectivity index (χ1v) is 7.20. The molecular formula is C11H11Cl5N2O. The first kappa shape index (κ1) is 17.0. The van der Waals surface area contributed by atoms with Gasteiger partial charge in [-0.15, -0.1) is 0 Å². The number of rotatable bonds is 4. The van der Waals surface area contributed by atoms with Gasteiger partial charge in [-0.05, 0) is 18.2 Å². The lowest BCUT2D eigenvalue weighted by atomic mass is 10.3. The van der Waals surface area contributed by atoms with E-state index in [1.54, 1.807) is 25.1 Å². The summed E-state index contributed by atoms with van der Waals surface area (Å²) in [7, 11) is 0. The van der Waals surface area contributed by atoms with Gasteiger partial charge in [0.1, 0.15) is 6.17 Å². The number of hydrogen-bond acceptors (Lipinski definition) is 2. The van der Waals surface area contributed by atoms with Gasteiger partial charge in [-0.2, -0.15) is 0 Å². The highest BCUT2D eigenvalue weighted by Gasteiger charge is 2.34. The van der Waals surface area contributed by atoms with Crippen molar-refractivity contribution in [2.75, 3.05) is 5.32 Å². The predicted molar refractivity (Wildman–Crippen MR) is 82.6 cm³/mol. The molecule has 19 heavy (non-hydrogen) atoms. The summed E-state index contributed by atoms with van der Waals surface area (Å²) >= 11 is 29.2. The summed E-state index contributed by atoms with van der Waals surface area (Å²) in [4.78, 5) is 11.4. The van der Waals surface area contributed by atoms with Gasteiger partial charge >= 0.3 is 0 Å². The number of anilines is 1. The van der Waals surface area contributed by atoms with Gasteiger partial charge < -0.3 is 10.6 Å². The highest BCUT2D eigenvalue weighted by molar-refractivity contribution is 6.68. The van der Waals surface area contributed by atoms with E-state index in [-0.39, 0.29) is 12.3 Å². The van der Waals surface area contributed by atoms with Crippen LogP contribution in [0.1, 0.15) is 13.3 Å². The molecule has 0 spiro atoms. The second kappa shape index (κ2) is 7.09. The van der Waals surface area contributed by atoms with E-state index in [2.05, 4.69) is 10.6 Å². The molecule has 106 valence electrons. The first-order chi connectivity index (χ1) is 8.74. The zero-order valence-electron chi connectivity index (χ0n) is 9.81. The molecule has 2 N–H and O–H groups in total. The molecule has 3 nitrogen and oxygen atoms in total. The van der Waals surface area contributed by atoms with E-state index in [1.165, 1.54) is 0 Å². The number of alkyl halides is 3. The average Bonchev–Trinajstić information content (AvgIpc) is 2.29. The largest absolute Gasteiger partial charge is 0.361 e. The van der Waals surface area contributed by atoms with Crippen LogP contribution in [0.3, 0.4) is 0 Å². The zero-order valence-corrected chi connectivity index (χ0v) is 13.6. The van der Waals surface area contributed by atoms with Gasteiger partial charge in [-0.25, -0.2) is 0 Å². The number of hydrogen-bond donors (Lipinski definition) is 2. The van der Waals surface area contributed by atoms with Gasteiger partial charge in [0.2, 0.25) is 9.70 Å². The Morgan fingerprint density at radius 1 is 1.32 bits per heavy atom. The SMILES string of the molecule is CCC(=O)N[C@H](Nc1ccc(Cl)cc1Cl)C(Cl)(Cl)Cl. The van der Waals surface area contributed by atoms with Crippen LogP contribution in [0.15, 0.2) is 18.2 Å². The summed E-state index contributed by atoms with van der Waals surface area (Å²) in [6.45, 7) is 1.69. The molecular weight excluding hydrogens is 353 g/mol. The molecule has 8 heteroatoms. The average molecular weight is 364 g/mol. The van der Waals surface area contributed by atoms with Crippen molar-refractivity contribution in [2.24, 2.45) is 0 Å². The minimum Gasteiger partial charge on any atom is -0.361 e. The van der Waals surface area contributed by atoms with Crippen molar-refractivity contribution in [1.29, 1.82) is 0 Å². The van der Waals surface area contributed by atoms with Crippen molar-refractivity contribution in [3.63, 3.8) is 0 Å². The molecule has 0 aliphatic carbocycles. The maximum Gasteiger partial charge on any atom is 0.228 e. The van der Waals surface area contributed by atoms with Crippen molar-refractivity contribution in [1.82, 2.24) is 5.32 Å². The van der Waals surface area contributed by atoms with Gasteiger partial charge in [0.25, 0.3) is 0 Å². The Hall–Kier alpha value is -0.0600. The van der Waals surface area contributed by atoms with Crippen molar-refractivity contribution in [3.05, 3.63) is 28.2 Å². The lowest BCUT2D eigenvalue weighted by Crippen LogP contribution is -2.49. The van der Waals surface area contributed by atoms with Crippen LogP contribution < -0.4 is 10.6 Å². The van der Waals surface area contributed by atoms with Crippen LogP contribution in [0.4, 0.5) is 5.69 Å². The van der Waals surface area contributed by atoms with E-state index in [9.17, 15) is 4.79 Å². The lowest BCUT2D eigenvalue weighted by molar-refractivity contribution is -0.121. The van der Waals surface area contributed by atoms with Crippen LogP contribution >= 0.6 is 58.0 Å². The molecule has 0 saturated heterocycles. The summed E-state index contributed by atoms with van der Waals surface area (Å²) in [6, 6.07) is 4.81.